The number of carbonyl (C=O) groups excluding carboxylic acids is 1. The van der Waals surface area contributed by atoms with Gasteiger partial charge in [-0.25, -0.2) is 4.39 Å². The molecule has 0 aliphatic heterocycles. The Morgan fingerprint density at radius 3 is 2.15 bits per heavy atom. The number of nitrogens with one attached hydrogen (secondary N) is 1. The molecule has 0 amide bonds. The van der Waals surface area contributed by atoms with Crippen LogP contribution in [0, 0.1) is 19.7 Å². The van der Waals surface area contributed by atoms with Crippen LogP contribution in [0.3, 0.4) is 0 Å². The molecule has 0 fully saturated rings. The Kier molecular flexibility index (Phi) is 4.18. The molecule has 0 aromatic heterocycles. The zero-order chi connectivity index (χ0) is 14.7. The van der Waals surface area contributed by atoms with Crippen molar-refractivity contribution in [2.45, 2.75) is 27.3 Å². The monoisotopic (exact) mass is 271 g/mol. The molecule has 3 heteroatoms. The van der Waals surface area contributed by atoms with Gasteiger partial charge in [0.1, 0.15) is 5.82 Å². The van der Waals surface area contributed by atoms with Crippen molar-refractivity contribution in [3.05, 3.63) is 64.5 Å². The van der Waals surface area contributed by atoms with Crippen molar-refractivity contribution >= 4 is 11.5 Å². The third-order valence-electron chi connectivity index (χ3n) is 3.28. The minimum absolute atomic E-state index is 0.0568. The fourth-order valence-electron chi connectivity index (χ4n) is 2.16. The van der Waals surface area contributed by atoms with E-state index in [-0.39, 0.29) is 11.6 Å². The molecule has 0 spiro atoms. The van der Waals surface area contributed by atoms with E-state index in [1.807, 2.05) is 24.3 Å². The second-order valence-electron chi connectivity index (χ2n) is 5.03. The summed E-state index contributed by atoms with van der Waals surface area (Å²) in [6.45, 7) is 5.72. The van der Waals surface area contributed by atoms with Gasteiger partial charge >= 0.3 is 0 Å². The number of carbonyl (C=O) groups is 1. The number of halogens is 1. The molecule has 0 atom stereocenters. The Balaban J connectivity index is 2.07. The standard InChI is InChI=1S/C17H18FNO/c1-11-8-14(9-12(2)17(11)18)10-19-16-6-4-15(5-7-16)13(3)20/h4-9,19H,10H2,1-3H3. The average molecular weight is 271 g/mol. The molecule has 0 aliphatic carbocycles. The zero-order valence-electron chi connectivity index (χ0n) is 12.0. The highest BCUT2D eigenvalue weighted by molar-refractivity contribution is 5.94. The normalized spacial score (nSPS) is 10.4. The van der Waals surface area contributed by atoms with Gasteiger partial charge in [0.15, 0.2) is 5.78 Å². The van der Waals surface area contributed by atoms with E-state index in [1.165, 1.54) is 0 Å². The number of hydrogen-bond donors (Lipinski definition) is 1. The Labute approximate surface area is 118 Å². The molecule has 20 heavy (non-hydrogen) atoms. The Bertz CT molecular complexity index is 609. The first-order chi connectivity index (χ1) is 9.47. The minimum Gasteiger partial charge on any atom is -0.381 e. The van der Waals surface area contributed by atoms with E-state index in [0.29, 0.717) is 23.2 Å². The third kappa shape index (κ3) is 3.23. The van der Waals surface area contributed by atoms with Crippen molar-refractivity contribution < 1.29 is 9.18 Å². The summed E-state index contributed by atoms with van der Waals surface area (Å²) >= 11 is 0. The van der Waals surface area contributed by atoms with Gasteiger partial charge in [0.05, 0.1) is 0 Å². The van der Waals surface area contributed by atoms with Gasteiger partial charge in [-0.1, -0.05) is 12.1 Å². The predicted octanol–water partition coefficient (Wildman–Crippen LogP) is 4.26. The number of anilines is 1. The maximum atomic E-state index is 13.5. The highest BCUT2D eigenvalue weighted by atomic mass is 19.1. The van der Waals surface area contributed by atoms with Crippen LogP contribution >= 0.6 is 0 Å². The summed E-state index contributed by atoms with van der Waals surface area (Å²) in [7, 11) is 0. The lowest BCUT2D eigenvalue weighted by molar-refractivity contribution is 0.101. The van der Waals surface area contributed by atoms with Crippen LogP contribution in [0.15, 0.2) is 36.4 Å². The van der Waals surface area contributed by atoms with Crippen LogP contribution in [-0.2, 0) is 6.54 Å². The highest BCUT2D eigenvalue weighted by Gasteiger charge is 2.04. The lowest BCUT2D eigenvalue weighted by Crippen LogP contribution is -2.02. The Morgan fingerprint density at radius 2 is 1.65 bits per heavy atom. The van der Waals surface area contributed by atoms with Crippen LogP contribution in [0.5, 0.6) is 0 Å². The number of rotatable bonds is 4. The molecule has 0 bridgehead atoms. The molecule has 1 N–H and O–H groups in total. The lowest BCUT2D eigenvalue weighted by atomic mass is 10.1. The van der Waals surface area contributed by atoms with E-state index >= 15 is 0 Å². The summed E-state index contributed by atoms with van der Waals surface area (Å²) in [4.78, 5) is 11.2. The Hall–Kier alpha value is -2.16. The highest BCUT2D eigenvalue weighted by Crippen LogP contribution is 2.16. The van der Waals surface area contributed by atoms with Crippen molar-refractivity contribution in [1.82, 2.24) is 0 Å². The first-order valence-electron chi connectivity index (χ1n) is 6.58. The van der Waals surface area contributed by atoms with Gasteiger partial charge in [0, 0.05) is 17.8 Å². The molecular formula is C17H18FNO. The van der Waals surface area contributed by atoms with Crippen LogP contribution in [0.25, 0.3) is 0 Å². The van der Waals surface area contributed by atoms with Gasteiger partial charge in [0.2, 0.25) is 0 Å². The SMILES string of the molecule is CC(=O)c1ccc(NCc2cc(C)c(F)c(C)c2)cc1. The van der Waals surface area contributed by atoms with E-state index in [4.69, 9.17) is 0 Å². The van der Waals surface area contributed by atoms with Crippen molar-refractivity contribution in [2.24, 2.45) is 0 Å². The fourth-order valence-corrected chi connectivity index (χ4v) is 2.16. The molecule has 0 radical (unpaired) electrons. The number of aryl methyl sites for hydroxylation is 2. The second kappa shape index (κ2) is 5.87. The van der Waals surface area contributed by atoms with Crippen LogP contribution < -0.4 is 5.32 Å². The summed E-state index contributed by atoms with van der Waals surface area (Å²) in [5.74, 6) is -0.0825. The average Bonchev–Trinajstić information content (AvgIpc) is 2.42. The summed E-state index contributed by atoms with van der Waals surface area (Å²) in [6, 6.07) is 11.0. The molecule has 104 valence electrons. The number of ketones is 1. The molecule has 2 aromatic rings. The van der Waals surface area contributed by atoms with Gasteiger partial charge in [-0.05, 0) is 61.7 Å². The number of Topliss-reactive ketones (excluding diaryl/α,β-unsaturated/α-hetero) is 1. The van der Waals surface area contributed by atoms with Gasteiger partial charge in [-0.3, -0.25) is 4.79 Å². The van der Waals surface area contributed by atoms with Crippen molar-refractivity contribution in [3.8, 4) is 0 Å². The summed E-state index contributed by atoms with van der Waals surface area (Å²) in [5, 5.41) is 3.27. The van der Waals surface area contributed by atoms with Crippen molar-refractivity contribution in [1.29, 1.82) is 0 Å². The summed E-state index contributed by atoms with van der Waals surface area (Å²) in [5.41, 5.74) is 4.00. The van der Waals surface area contributed by atoms with Gasteiger partial charge in [-0.15, -0.1) is 0 Å². The van der Waals surface area contributed by atoms with E-state index < -0.39 is 0 Å². The summed E-state index contributed by atoms with van der Waals surface area (Å²) < 4.78 is 13.5. The maximum Gasteiger partial charge on any atom is 0.159 e. The van der Waals surface area contributed by atoms with Crippen LogP contribution in [0.2, 0.25) is 0 Å². The Morgan fingerprint density at radius 1 is 1.10 bits per heavy atom. The molecule has 2 nitrogen and oxygen atoms in total. The minimum atomic E-state index is -0.139. The first-order valence-corrected chi connectivity index (χ1v) is 6.58. The molecule has 0 heterocycles. The topological polar surface area (TPSA) is 29.1 Å². The molecule has 0 unspecified atom stereocenters. The largest absolute Gasteiger partial charge is 0.381 e. The molecule has 2 rings (SSSR count). The van der Waals surface area contributed by atoms with E-state index in [1.54, 1.807) is 32.9 Å². The fraction of sp³-hybridized carbons (Fsp3) is 0.235. The first kappa shape index (κ1) is 14.3. The molecular weight excluding hydrogens is 253 g/mol. The quantitative estimate of drug-likeness (QED) is 0.842. The number of hydrogen-bond acceptors (Lipinski definition) is 2. The van der Waals surface area contributed by atoms with Crippen molar-refractivity contribution in [2.75, 3.05) is 5.32 Å². The smallest absolute Gasteiger partial charge is 0.159 e. The summed E-state index contributed by atoms with van der Waals surface area (Å²) in [6.07, 6.45) is 0. The van der Waals surface area contributed by atoms with E-state index in [9.17, 15) is 9.18 Å². The van der Waals surface area contributed by atoms with Crippen molar-refractivity contribution in [3.63, 3.8) is 0 Å². The molecule has 2 aromatic carbocycles. The molecule has 0 saturated carbocycles. The lowest BCUT2D eigenvalue weighted by Gasteiger charge is -2.10. The van der Waals surface area contributed by atoms with Crippen LogP contribution in [0.4, 0.5) is 10.1 Å². The van der Waals surface area contributed by atoms with Gasteiger partial charge < -0.3 is 5.32 Å². The predicted molar refractivity (Wildman–Crippen MR) is 79.6 cm³/mol. The van der Waals surface area contributed by atoms with Gasteiger partial charge in [-0.2, -0.15) is 0 Å². The maximum absolute atomic E-state index is 13.5. The third-order valence-corrected chi connectivity index (χ3v) is 3.28. The second-order valence-corrected chi connectivity index (χ2v) is 5.03. The van der Waals surface area contributed by atoms with Crippen LogP contribution in [0.1, 0.15) is 34.0 Å². The zero-order valence-corrected chi connectivity index (χ0v) is 12.0. The van der Waals surface area contributed by atoms with Crippen LogP contribution in [-0.4, -0.2) is 5.78 Å². The van der Waals surface area contributed by atoms with Gasteiger partial charge in [0.25, 0.3) is 0 Å². The number of benzene rings is 2. The van der Waals surface area contributed by atoms with E-state index in [2.05, 4.69) is 5.32 Å². The molecule has 0 aliphatic rings. The van der Waals surface area contributed by atoms with E-state index in [0.717, 1.165) is 11.3 Å². The molecule has 0 saturated heterocycles.